The summed E-state index contributed by atoms with van der Waals surface area (Å²) in [6.07, 6.45) is 2.85. The fourth-order valence-corrected chi connectivity index (χ4v) is 1.74. The van der Waals surface area contributed by atoms with Gasteiger partial charge in [0.2, 0.25) is 5.78 Å². The van der Waals surface area contributed by atoms with Crippen LogP contribution in [-0.2, 0) is 4.74 Å². The molecule has 8 nitrogen and oxygen atoms in total. The minimum absolute atomic E-state index is 0.00556. The lowest BCUT2D eigenvalue weighted by Gasteiger charge is -2.07. The molecule has 8 heteroatoms. The van der Waals surface area contributed by atoms with Crippen molar-refractivity contribution >= 4 is 17.4 Å². The molecule has 0 aliphatic carbocycles. The predicted octanol–water partition coefficient (Wildman–Crippen LogP) is 1.73. The number of ether oxygens (including phenoxy) is 1. The summed E-state index contributed by atoms with van der Waals surface area (Å²) >= 11 is 0. The van der Waals surface area contributed by atoms with Gasteiger partial charge >= 0.3 is 5.97 Å². The van der Waals surface area contributed by atoms with Gasteiger partial charge in [-0.25, -0.2) is 9.78 Å². The van der Waals surface area contributed by atoms with Gasteiger partial charge in [0.1, 0.15) is 0 Å². The van der Waals surface area contributed by atoms with E-state index in [1.807, 2.05) is 0 Å². The SMILES string of the molecule is CCOC(=O)c1cc([N+](=O)[O-])ccc1C(=O)c1ncc[nH]1. The van der Waals surface area contributed by atoms with E-state index in [2.05, 4.69) is 9.97 Å². The Morgan fingerprint density at radius 2 is 2.14 bits per heavy atom. The molecule has 2 aromatic rings. The topological polar surface area (TPSA) is 115 Å². The highest BCUT2D eigenvalue weighted by atomic mass is 16.6. The lowest BCUT2D eigenvalue weighted by Crippen LogP contribution is -2.14. The third kappa shape index (κ3) is 2.94. The van der Waals surface area contributed by atoms with Gasteiger partial charge in [0.15, 0.2) is 5.82 Å². The fourth-order valence-electron chi connectivity index (χ4n) is 1.74. The molecule has 0 aliphatic heterocycles. The summed E-state index contributed by atoms with van der Waals surface area (Å²) in [5.74, 6) is -1.30. The van der Waals surface area contributed by atoms with Crippen molar-refractivity contribution in [2.24, 2.45) is 0 Å². The minimum atomic E-state index is -0.795. The first kappa shape index (κ1) is 14.4. The number of nitrogens with one attached hydrogen (secondary N) is 1. The van der Waals surface area contributed by atoms with Crippen LogP contribution in [0, 0.1) is 10.1 Å². The molecule has 0 saturated carbocycles. The Morgan fingerprint density at radius 3 is 2.71 bits per heavy atom. The van der Waals surface area contributed by atoms with E-state index in [4.69, 9.17) is 4.74 Å². The van der Waals surface area contributed by atoms with Crippen molar-refractivity contribution in [2.45, 2.75) is 6.92 Å². The molecular weight excluding hydrogens is 278 g/mol. The van der Waals surface area contributed by atoms with E-state index in [1.54, 1.807) is 6.92 Å². The van der Waals surface area contributed by atoms with Crippen molar-refractivity contribution in [3.8, 4) is 0 Å². The predicted molar refractivity (Wildman–Crippen MR) is 71.1 cm³/mol. The highest BCUT2D eigenvalue weighted by molar-refractivity contribution is 6.13. The molecular formula is C13H11N3O5. The van der Waals surface area contributed by atoms with E-state index in [-0.39, 0.29) is 29.2 Å². The zero-order chi connectivity index (χ0) is 15.4. The standard InChI is InChI=1S/C13H11N3O5/c1-2-21-13(18)10-7-8(16(19)20)3-4-9(10)11(17)12-14-5-6-15-12/h3-7H,2H2,1H3,(H,14,15). The maximum Gasteiger partial charge on any atom is 0.339 e. The molecule has 1 heterocycles. The van der Waals surface area contributed by atoms with E-state index in [9.17, 15) is 19.7 Å². The number of hydrogen-bond acceptors (Lipinski definition) is 6. The molecule has 0 atom stereocenters. The number of rotatable bonds is 5. The van der Waals surface area contributed by atoms with Gasteiger partial charge in [0, 0.05) is 30.1 Å². The highest BCUT2D eigenvalue weighted by Crippen LogP contribution is 2.21. The number of aromatic nitrogens is 2. The Labute approximate surface area is 118 Å². The average Bonchev–Trinajstić information content (AvgIpc) is 3.00. The molecule has 21 heavy (non-hydrogen) atoms. The number of nitrogens with zero attached hydrogens (tertiary/aromatic N) is 2. The maximum atomic E-state index is 12.2. The summed E-state index contributed by atoms with van der Waals surface area (Å²) in [6, 6.07) is 3.39. The van der Waals surface area contributed by atoms with Crippen molar-refractivity contribution in [1.29, 1.82) is 0 Å². The van der Waals surface area contributed by atoms with Crippen LogP contribution >= 0.6 is 0 Å². The molecule has 2 rings (SSSR count). The van der Waals surface area contributed by atoms with Gasteiger partial charge in [0.05, 0.1) is 17.1 Å². The molecule has 1 N–H and O–H groups in total. The van der Waals surface area contributed by atoms with E-state index >= 15 is 0 Å². The summed E-state index contributed by atoms with van der Waals surface area (Å²) < 4.78 is 4.83. The maximum absolute atomic E-state index is 12.2. The Balaban J connectivity index is 2.51. The molecule has 0 unspecified atom stereocenters. The number of carbonyl (C=O) groups is 2. The van der Waals surface area contributed by atoms with Crippen LogP contribution in [0.5, 0.6) is 0 Å². The van der Waals surface area contributed by atoms with Crippen molar-refractivity contribution in [3.63, 3.8) is 0 Å². The monoisotopic (exact) mass is 289 g/mol. The number of benzene rings is 1. The Morgan fingerprint density at radius 1 is 1.38 bits per heavy atom. The van der Waals surface area contributed by atoms with Crippen molar-refractivity contribution in [1.82, 2.24) is 9.97 Å². The Hall–Kier alpha value is -3.03. The Bertz CT molecular complexity index is 694. The number of aromatic amines is 1. The number of carbonyl (C=O) groups excluding carboxylic acids is 2. The van der Waals surface area contributed by atoms with Crippen LogP contribution in [0.1, 0.15) is 33.5 Å². The van der Waals surface area contributed by atoms with Crippen molar-refractivity contribution in [2.75, 3.05) is 6.61 Å². The second-order valence-corrected chi connectivity index (χ2v) is 3.97. The van der Waals surface area contributed by atoms with Crippen molar-refractivity contribution in [3.05, 3.63) is 57.7 Å². The Kier molecular flexibility index (Phi) is 4.07. The fraction of sp³-hybridized carbons (Fsp3) is 0.154. The van der Waals surface area contributed by atoms with E-state index in [0.717, 1.165) is 12.1 Å². The normalized spacial score (nSPS) is 10.1. The van der Waals surface area contributed by atoms with Crippen LogP contribution in [0.3, 0.4) is 0 Å². The van der Waals surface area contributed by atoms with Crippen LogP contribution in [0.15, 0.2) is 30.6 Å². The molecule has 1 aromatic heterocycles. The molecule has 0 aliphatic rings. The number of imidazole rings is 1. The molecule has 0 amide bonds. The second-order valence-electron chi connectivity index (χ2n) is 3.97. The number of nitro groups is 1. The number of hydrogen-bond donors (Lipinski definition) is 1. The highest BCUT2D eigenvalue weighted by Gasteiger charge is 2.23. The van der Waals surface area contributed by atoms with E-state index in [1.165, 1.54) is 18.5 Å². The van der Waals surface area contributed by atoms with Crippen LogP contribution in [0.4, 0.5) is 5.69 Å². The molecule has 0 radical (unpaired) electrons. The largest absolute Gasteiger partial charge is 0.462 e. The first-order valence-electron chi connectivity index (χ1n) is 6.04. The quantitative estimate of drug-likeness (QED) is 0.388. The summed E-state index contributed by atoms with van der Waals surface area (Å²) in [4.78, 5) is 40.7. The summed E-state index contributed by atoms with van der Waals surface area (Å²) in [5.41, 5.74) is -0.463. The first-order valence-corrected chi connectivity index (χ1v) is 6.04. The third-order valence-corrected chi connectivity index (χ3v) is 2.67. The molecule has 0 fully saturated rings. The van der Waals surface area contributed by atoms with E-state index in [0.29, 0.717) is 0 Å². The number of esters is 1. The van der Waals surface area contributed by atoms with Crippen LogP contribution in [-0.4, -0.2) is 33.3 Å². The molecule has 108 valence electrons. The molecule has 1 aromatic carbocycles. The summed E-state index contributed by atoms with van der Waals surface area (Å²) in [5, 5.41) is 10.8. The van der Waals surface area contributed by atoms with Gasteiger partial charge in [-0.15, -0.1) is 0 Å². The minimum Gasteiger partial charge on any atom is -0.462 e. The van der Waals surface area contributed by atoms with Gasteiger partial charge in [-0.05, 0) is 13.0 Å². The second kappa shape index (κ2) is 5.95. The van der Waals surface area contributed by atoms with Crippen LogP contribution in [0.25, 0.3) is 0 Å². The molecule has 0 spiro atoms. The molecule has 0 bridgehead atoms. The van der Waals surface area contributed by atoms with Gasteiger partial charge in [0.25, 0.3) is 5.69 Å². The van der Waals surface area contributed by atoms with Gasteiger partial charge in [-0.1, -0.05) is 0 Å². The smallest absolute Gasteiger partial charge is 0.339 e. The third-order valence-electron chi connectivity index (χ3n) is 2.67. The van der Waals surface area contributed by atoms with E-state index < -0.39 is 16.7 Å². The van der Waals surface area contributed by atoms with Gasteiger partial charge in [-0.2, -0.15) is 0 Å². The van der Waals surface area contributed by atoms with Crippen LogP contribution in [0.2, 0.25) is 0 Å². The molecule has 0 saturated heterocycles. The van der Waals surface area contributed by atoms with Crippen molar-refractivity contribution < 1.29 is 19.2 Å². The zero-order valence-corrected chi connectivity index (χ0v) is 11.0. The number of non-ortho nitro benzene ring substituents is 1. The summed E-state index contributed by atoms with van der Waals surface area (Å²) in [6.45, 7) is 1.69. The summed E-state index contributed by atoms with van der Waals surface area (Å²) in [7, 11) is 0. The number of nitro benzene ring substituents is 1. The lowest BCUT2D eigenvalue weighted by atomic mass is 10.0. The average molecular weight is 289 g/mol. The lowest BCUT2D eigenvalue weighted by molar-refractivity contribution is -0.384. The van der Waals surface area contributed by atoms with Gasteiger partial charge < -0.3 is 9.72 Å². The number of H-pyrrole nitrogens is 1. The van der Waals surface area contributed by atoms with Gasteiger partial charge in [-0.3, -0.25) is 14.9 Å². The zero-order valence-electron chi connectivity index (χ0n) is 11.0. The number of ketones is 1. The first-order chi connectivity index (χ1) is 10.0. The van der Waals surface area contributed by atoms with Crippen LogP contribution < -0.4 is 0 Å².